The van der Waals surface area contributed by atoms with Crippen molar-refractivity contribution in [1.29, 1.82) is 0 Å². The molecule has 0 atom stereocenters. The number of hydrogen-bond donors (Lipinski definition) is 1. The molecule has 1 aromatic heterocycles. The number of rotatable bonds is 11. The zero-order valence-corrected chi connectivity index (χ0v) is 23.9. The lowest BCUT2D eigenvalue weighted by Gasteiger charge is -2.35. The van der Waals surface area contributed by atoms with E-state index in [1.54, 1.807) is 44.0 Å². The average Bonchev–Trinajstić information content (AvgIpc) is 3.38. The second-order valence-corrected chi connectivity index (χ2v) is 12.1. The van der Waals surface area contributed by atoms with Gasteiger partial charge in [-0.2, -0.15) is 4.37 Å². The van der Waals surface area contributed by atoms with E-state index >= 15 is 0 Å². The number of anilines is 2. The molecule has 1 aliphatic heterocycles. The van der Waals surface area contributed by atoms with E-state index in [1.807, 2.05) is 24.3 Å². The summed E-state index contributed by atoms with van der Waals surface area (Å²) < 4.78 is 45.9. The quantitative estimate of drug-likeness (QED) is 0.280. The van der Waals surface area contributed by atoms with Crippen LogP contribution in [0.2, 0.25) is 0 Å². The number of aromatic nitrogens is 1. The number of nitrogens with zero attached hydrogens (tertiary/aromatic N) is 3. The van der Waals surface area contributed by atoms with Gasteiger partial charge in [-0.25, -0.2) is 8.42 Å². The fourth-order valence-electron chi connectivity index (χ4n) is 4.96. The van der Waals surface area contributed by atoms with Crippen LogP contribution in [0.3, 0.4) is 0 Å². The third-order valence-electron chi connectivity index (χ3n) is 7.08. The molecule has 206 valence electrons. The highest BCUT2D eigenvalue weighted by Gasteiger charge is 2.22. The minimum atomic E-state index is -3.77. The van der Waals surface area contributed by atoms with Crippen LogP contribution in [0.4, 0.5) is 11.5 Å². The van der Waals surface area contributed by atoms with E-state index in [1.165, 1.54) is 10.1 Å². The summed E-state index contributed by atoms with van der Waals surface area (Å²) in [6.07, 6.45) is 0.750. The van der Waals surface area contributed by atoms with Crippen molar-refractivity contribution in [3.8, 4) is 0 Å². The van der Waals surface area contributed by atoms with E-state index in [9.17, 15) is 8.42 Å². The molecule has 0 radical (unpaired) electrons. The molecule has 10 heteroatoms. The lowest BCUT2D eigenvalue weighted by atomic mass is 10.1. The maximum absolute atomic E-state index is 13.3. The summed E-state index contributed by atoms with van der Waals surface area (Å²) in [5.41, 5.74) is 3.28. The van der Waals surface area contributed by atoms with E-state index < -0.39 is 10.0 Å². The molecule has 1 N–H and O–H groups in total. The normalized spacial score (nSPS) is 14.7. The molecular formula is C29H34N4O4S2. The van der Waals surface area contributed by atoms with Crippen LogP contribution < -0.4 is 9.62 Å². The van der Waals surface area contributed by atoms with Crippen LogP contribution in [0.1, 0.15) is 16.7 Å². The van der Waals surface area contributed by atoms with Crippen LogP contribution in [0, 0.1) is 0 Å². The topological polar surface area (TPSA) is 84.0 Å². The Kier molecular flexibility index (Phi) is 8.79. The number of piperazine rings is 1. The van der Waals surface area contributed by atoms with Crippen molar-refractivity contribution in [1.82, 2.24) is 9.27 Å². The van der Waals surface area contributed by atoms with Crippen LogP contribution in [0.15, 0.2) is 71.6 Å². The number of hydrogen-bond acceptors (Lipinski definition) is 8. The van der Waals surface area contributed by atoms with Gasteiger partial charge in [-0.05, 0) is 65.0 Å². The molecule has 8 nitrogen and oxygen atoms in total. The molecule has 2 heterocycles. The van der Waals surface area contributed by atoms with Crippen molar-refractivity contribution >= 4 is 43.1 Å². The molecule has 0 amide bonds. The minimum Gasteiger partial charge on any atom is -0.380 e. The molecule has 4 aromatic rings. The summed E-state index contributed by atoms with van der Waals surface area (Å²) in [4.78, 5) is 5.00. The molecule has 0 spiro atoms. The Morgan fingerprint density at radius 3 is 2.38 bits per heavy atom. The summed E-state index contributed by atoms with van der Waals surface area (Å²) in [6, 6.07) is 21.1. The zero-order valence-electron chi connectivity index (χ0n) is 22.3. The molecule has 1 aliphatic rings. The molecule has 0 bridgehead atoms. The second kappa shape index (κ2) is 12.4. The number of ether oxygens (including phenoxy) is 2. The molecule has 39 heavy (non-hydrogen) atoms. The first kappa shape index (κ1) is 27.5. The molecule has 0 unspecified atom stereocenters. The highest BCUT2D eigenvalue weighted by Crippen LogP contribution is 2.30. The largest absolute Gasteiger partial charge is 0.380 e. The van der Waals surface area contributed by atoms with Gasteiger partial charge in [0.2, 0.25) is 0 Å². The first-order valence-corrected chi connectivity index (χ1v) is 15.3. The number of nitrogens with one attached hydrogen (secondary N) is 1. The summed E-state index contributed by atoms with van der Waals surface area (Å²) in [6.45, 7) is 5.28. The zero-order chi connectivity index (χ0) is 27.2. The predicted molar refractivity (Wildman–Crippen MR) is 157 cm³/mol. The van der Waals surface area contributed by atoms with Crippen LogP contribution >= 0.6 is 11.5 Å². The van der Waals surface area contributed by atoms with Crippen molar-refractivity contribution in [3.05, 3.63) is 83.4 Å². The van der Waals surface area contributed by atoms with Gasteiger partial charge in [-0.1, -0.05) is 36.4 Å². The van der Waals surface area contributed by atoms with Gasteiger partial charge in [-0.3, -0.25) is 9.62 Å². The monoisotopic (exact) mass is 566 g/mol. The van der Waals surface area contributed by atoms with E-state index in [0.717, 1.165) is 61.7 Å². The fourth-order valence-corrected chi connectivity index (χ4v) is 6.91. The van der Waals surface area contributed by atoms with E-state index in [-0.39, 0.29) is 4.90 Å². The number of sulfonamides is 1. The Morgan fingerprint density at radius 2 is 1.59 bits per heavy atom. The smallest absolute Gasteiger partial charge is 0.261 e. The van der Waals surface area contributed by atoms with E-state index in [0.29, 0.717) is 18.9 Å². The van der Waals surface area contributed by atoms with E-state index in [2.05, 4.69) is 38.8 Å². The molecule has 3 aromatic carbocycles. The summed E-state index contributed by atoms with van der Waals surface area (Å²) in [5, 5.41) is 1.22. The Labute approximate surface area is 234 Å². The number of para-hydroxylation sites is 1. The van der Waals surface area contributed by atoms with Gasteiger partial charge in [0.05, 0.1) is 28.5 Å². The highest BCUT2D eigenvalue weighted by atomic mass is 32.2. The lowest BCUT2D eigenvalue weighted by Crippen LogP contribution is -2.47. The Hall–Kier alpha value is -3.02. The van der Waals surface area contributed by atoms with Gasteiger partial charge in [-0.15, -0.1) is 0 Å². The summed E-state index contributed by atoms with van der Waals surface area (Å²) >= 11 is 1.55. The second-order valence-electron chi connectivity index (χ2n) is 9.64. The number of benzene rings is 3. The van der Waals surface area contributed by atoms with Gasteiger partial charge in [0.1, 0.15) is 5.82 Å². The maximum Gasteiger partial charge on any atom is 0.261 e. The van der Waals surface area contributed by atoms with Crippen LogP contribution in [0.25, 0.3) is 10.1 Å². The van der Waals surface area contributed by atoms with Crippen molar-refractivity contribution in [2.24, 2.45) is 0 Å². The third-order valence-corrected chi connectivity index (χ3v) is 9.26. The summed E-state index contributed by atoms with van der Waals surface area (Å²) in [5.74, 6) is 1.08. The Morgan fingerprint density at radius 1 is 0.872 bits per heavy atom. The molecule has 0 saturated carbocycles. The number of fused-ring (bicyclic) bond motifs is 1. The average molecular weight is 567 g/mol. The molecular weight excluding hydrogens is 532 g/mol. The Balaban J connectivity index is 1.22. The van der Waals surface area contributed by atoms with Gasteiger partial charge in [0.15, 0.2) is 0 Å². The van der Waals surface area contributed by atoms with E-state index in [4.69, 9.17) is 13.8 Å². The maximum atomic E-state index is 13.3. The SMILES string of the molecule is COCc1ccc(S(=O)(=O)Nc2ccccc2CCN2CCN(c3nsc4ccccc34)CC2)cc1COC. The lowest BCUT2D eigenvalue weighted by molar-refractivity contribution is 0.168. The van der Waals surface area contributed by atoms with Gasteiger partial charge < -0.3 is 14.4 Å². The van der Waals surface area contributed by atoms with Crippen LogP contribution in [-0.4, -0.2) is 64.6 Å². The Bertz CT molecular complexity index is 1510. The molecule has 0 aliphatic carbocycles. The standard InChI is InChI=1S/C29H34N4O4S2/c1-36-20-23-11-12-25(19-24(23)21-37-2)39(34,35)31-27-9-5-3-7-22(27)13-14-32-15-17-33(18-16-32)29-26-8-4-6-10-28(26)38-30-29/h3-12,19,31H,13-18,20-21H2,1-2H3. The molecule has 1 fully saturated rings. The van der Waals surface area contributed by atoms with Crippen molar-refractivity contribution in [3.63, 3.8) is 0 Å². The third kappa shape index (κ3) is 6.42. The molecule has 1 saturated heterocycles. The fraction of sp³-hybridized carbons (Fsp3) is 0.345. The minimum absolute atomic E-state index is 0.204. The first-order chi connectivity index (χ1) is 19.0. The van der Waals surface area contributed by atoms with Crippen LogP contribution in [-0.2, 0) is 39.1 Å². The van der Waals surface area contributed by atoms with Gasteiger partial charge >= 0.3 is 0 Å². The highest BCUT2D eigenvalue weighted by molar-refractivity contribution is 7.92. The predicted octanol–water partition coefficient (Wildman–Crippen LogP) is 4.75. The number of methoxy groups -OCH3 is 2. The van der Waals surface area contributed by atoms with Gasteiger partial charge in [0, 0.05) is 52.3 Å². The van der Waals surface area contributed by atoms with Crippen molar-refractivity contribution < 1.29 is 17.9 Å². The van der Waals surface area contributed by atoms with Crippen molar-refractivity contribution in [2.45, 2.75) is 24.5 Å². The first-order valence-electron chi connectivity index (χ1n) is 13.0. The summed E-state index contributed by atoms with van der Waals surface area (Å²) in [7, 11) is -0.571. The van der Waals surface area contributed by atoms with Crippen LogP contribution in [0.5, 0.6) is 0 Å². The van der Waals surface area contributed by atoms with Gasteiger partial charge in [0.25, 0.3) is 10.0 Å². The van der Waals surface area contributed by atoms with Crippen molar-refractivity contribution in [2.75, 3.05) is 56.6 Å². The molecule has 5 rings (SSSR count).